The zero-order valence-corrected chi connectivity index (χ0v) is 7.20. The lowest BCUT2D eigenvalue weighted by Gasteiger charge is -2.36. The van der Waals surface area contributed by atoms with E-state index in [1.54, 1.807) is 0 Å². The topological polar surface area (TPSA) is 43.7 Å². The summed E-state index contributed by atoms with van der Waals surface area (Å²) < 4.78 is 0. The molecule has 3 heteroatoms. The van der Waals surface area contributed by atoms with Gasteiger partial charge in [0.1, 0.15) is 0 Å². The molecule has 0 aromatic heterocycles. The molecular formula is C8H17NO2. The van der Waals surface area contributed by atoms with Gasteiger partial charge >= 0.3 is 0 Å². The van der Waals surface area contributed by atoms with Gasteiger partial charge in [0.05, 0.1) is 18.2 Å². The molecule has 2 atom stereocenters. The lowest BCUT2D eigenvalue weighted by atomic mass is 9.89. The second-order valence-electron chi connectivity index (χ2n) is 3.52. The molecule has 0 aromatic rings. The van der Waals surface area contributed by atoms with E-state index in [9.17, 15) is 10.2 Å². The van der Waals surface area contributed by atoms with Gasteiger partial charge in [0, 0.05) is 0 Å². The molecule has 1 rings (SSSR count). The fourth-order valence-electron chi connectivity index (χ4n) is 1.82. The molecule has 66 valence electrons. The number of hydrogen-bond donors (Lipinski definition) is 2. The number of nitrogens with zero attached hydrogens (tertiary/aromatic N) is 1. The minimum atomic E-state index is -0.353. The van der Waals surface area contributed by atoms with Gasteiger partial charge in [0.15, 0.2) is 0 Å². The van der Waals surface area contributed by atoms with Gasteiger partial charge in [-0.2, -0.15) is 0 Å². The van der Waals surface area contributed by atoms with E-state index in [0.717, 1.165) is 19.3 Å². The highest BCUT2D eigenvalue weighted by molar-refractivity contribution is 4.86. The Labute approximate surface area is 67.6 Å². The fraction of sp³-hybridized carbons (Fsp3) is 1.00. The smallest absolute Gasteiger partial charge is 0.0720 e. The lowest BCUT2D eigenvalue weighted by molar-refractivity contribution is -0.0392. The summed E-state index contributed by atoms with van der Waals surface area (Å²) in [5.74, 6) is 0. The van der Waals surface area contributed by atoms with E-state index in [1.807, 2.05) is 19.0 Å². The number of hydrogen-bond acceptors (Lipinski definition) is 3. The van der Waals surface area contributed by atoms with Crippen molar-refractivity contribution in [3.8, 4) is 0 Å². The minimum Gasteiger partial charge on any atom is -0.391 e. The first-order valence-electron chi connectivity index (χ1n) is 4.15. The first-order valence-corrected chi connectivity index (χ1v) is 4.15. The van der Waals surface area contributed by atoms with Crippen LogP contribution in [0.1, 0.15) is 19.3 Å². The summed E-state index contributed by atoms with van der Waals surface area (Å²) in [6, 6.07) is -0.0660. The van der Waals surface area contributed by atoms with Crippen LogP contribution in [0.4, 0.5) is 0 Å². The van der Waals surface area contributed by atoms with Crippen LogP contribution in [0.15, 0.2) is 0 Å². The second kappa shape index (κ2) is 3.52. The summed E-state index contributed by atoms with van der Waals surface area (Å²) in [6.07, 6.45) is 1.87. The quantitative estimate of drug-likeness (QED) is 0.558. The fourth-order valence-corrected chi connectivity index (χ4v) is 1.82. The first kappa shape index (κ1) is 8.97. The van der Waals surface area contributed by atoms with Crippen LogP contribution in [-0.2, 0) is 0 Å². The molecule has 0 aromatic carbocycles. The average Bonchev–Trinajstić information content (AvgIpc) is 1.85. The van der Waals surface area contributed by atoms with Crippen LogP contribution in [-0.4, -0.2) is 47.5 Å². The van der Waals surface area contributed by atoms with Crippen LogP contribution in [0.5, 0.6) is 0 Å². The number of likely N-dealkylation sites (N-methyl/N-ethyl adjacent to an activating group) is 1. The zero-order valence-electron chi connectivity index (χ0n) is 7.20. The summed E-state index contributed by atoms with van der Waals surface area (Å²) in [5.41, 5.74) is 0. The van der Waals surface area contributed by atoms with Crippen molar-refractivity contribution in [2.75, 3.05) is 14.1 Å². The average molecular weight is 159 g/mol. The van der Waals surface area contributed by atoms with Crippen LogP contribution in [0.25, 0.3) is 0 Å². The van der Waals surface area contributed by atoms with Crippen molar-refractivity contribution in [3.63, 3.8) is 0 Å². The van der Waals surface area contributed by atoms with E-state index in [-0.39, 0.29) is 18.2 Å². The maximum Gasteiger partial charge on any atom is 0.0720 e. The highest BCUT2D eigenvalue weighted by atomic mass is 16.3. The summed E-state index contributed by atoms with van der Waals surface area (Å²) in [4.78, 5) is 1.90. The molecule has 0 bridgehead atoms. The van der Waals surface area contributed by atoms with Crippen molar-refractivity contribution in [2.45, 2.75) is 37.5 Å². The Hall–Kier alpha value is -0.120. The summed E-state index contributed by atoms with van der Waals surface area (Å²) in [6.45, 7) is 0. The molecule has 0 unspecified atom stereocenters. The molecule has 0 amide bonds. The van der Waals surface area contributed by atoms with Crippen molar-refractivity contribution in [1.29, 1.82) is 0 Å². The van der Waals surface area contributed by atoms with Crippen molar-refractivity contribution in [2.24, 2.45) is 0 Å². The largest absolute Gasteiger partial charge is 0.391 e. The zero-order chi connectivity index (χ0) is 8.43. The molecule has 0 aliphatic heterocycles. The molecule has 0 radical (unpaired) electrons. The van der Waals surface area contributed by atoms with Gasteiger partial charge in [-0.05, 0) is 33.4 Å². The SMILES string of the molecule is CN(C)C1[C@@H](O)CCC[C@@H]1O. The predicted octanol–water partition coefficient (Wildman–Crippen LogP) is -0.178. The van der Waals surface area contributed by atoms with Crippen LogP contribution >= 0.6 is 0 Å². The van der Waals surface area contributed by atoms with E-state index < -0.39 is 0 Å². The van der Waals surface area contributed by atoms with Gasteiger partial charge in [0.2, 0.25) is 0 Å². The second-order valence-corrected chi connectivity index (χ2v) is 3.52. The highest BCUT2D eigenvalue weighted by Crippen LogP contribution is 2.21. The van der Waals surface area contributed by atoms with Crippen molar-refractivity contribution < 1.29 is 10.2 Å². The van der Waals surface area contributed by atoms with Crippen molar-refractivity contribution in [3.05, 3.63) is 0 Å². The molecule has 11 heavy (non-hydrogen) atoms. The standard InChI is InChI=1S/C8H17NO2/c1-9(2)8-6(10)4-3-5-7(8)11/h6-8,10-11H,3-5H2,1-2H3/t6-,7-/m0/s1. The summed E-state index contributed by atoms with van der Waals surface area (Å²) in [7, 11) is 3.78. The van der Waals surface area contributed by atoms with E-state index >= 15 is 0 Å². The third-order valence-electron chi connectivity index (χ3n) is 2.38. The maximum absolute atomic E-state index is 9.51. The molecule has 1 aliphatic carbocycles. The van der Waals surface area contributed by atoms with Crippen molar-refractivity contribution >= 4 is 0 Å². The number of rotatable bonds is 1. The molecule has 1 aliphatic rings. The summed E-state index contributed by atoms with van der Waals surface area (Å²) >= 11 is 0. The van der Waals surface area contributed by atoms with Crippen molar-refractivity contribution in [1.82, 2.24) is 4.90 Å². The Bertz CT molecular complexity index is 117. The van der Waals surface area contributed by atoms with Gasteiger partial charge in [-0.1, -0.05) is 0 Å². The molecule has 1 saturated carbocycles. The van der Waals surface area contributed by atoms with Crippen LogP contribution < -0.4 is 0 Å². The molecule has 1 fully saturated rings. The van der Waals surface area contributed by atoms with Gasteiger partial charge in [-0.25, -0.2) is 0 Å². The van der Waals surface area contributed by atoms with E-state index in [0.29, 0.717) is 0 Å². The van der Waals surface area contributed by atoms with Gasteiger partial charge in [0.25, 0.3) is 0 Å². The molecule has 0 spiro atoms. The maximum atomic E-state index is 9.51. The number of aliphatic hydroxyl groups excluding tert-OH is 2. The Morgan fingerprint density at radius 2 is 1.55 bits per heavy atom. The molecule has 2 N–H and O–H groups in total. The molecule has 3 nitrogen and oxygen atoms in total. The lowest BCUT2D eigenvalue weighted by Crippen LogP contribution is -2.50. The van der Waals surface area contributed by atoms with Gasteiger partial charge in [-0.15, -0.1) is 0 Å². The Morgan fingerprint density at radius 1 is 1.09 bits per heavy atom. The van der Waals surface area contributed by atoms with E-state index in [4.69, 9.17) is 0 Å². The third-order valence-corrected chi connectivity index (χ3v) is 2.38. The third kappa shape index (κ3) is 1.92. The molecule has 0 saturated heterocycles. The monoisotopic (exact) mass is 159 g/mol. The van der Waals surface area contributed by atoms with Gasteiger partial charge < -0.3 is 15.1 Å². The normalized spacial score (nSPS) is 34.6. The number of aliphatic hydroxyl groups is 2. The summed E-state index contributed by atoms with van der Waals surface area (Å²) in [5, 5.41) is 19.0. The van der Waals surface area contributed by atoms with Crippen LogP contribution in [0.2, 0.25) is 0 Å². The Kier molecular flexibility index (Phi) is 2.87. The predicted molar refractivity (Wildman–Crippen MR) is 43.3 cm³/mol. The Morgan fingerprint density at radius 3 is 1.82 bits per heavy atom. The molecule has 0 heterocycles. The molecular weight excluding hydrogens is 142 g/mol. The minimum absolute atomic E-state index is 0.0660. The Balaban J connectivity index is 2.55. The van der Waals surface area contributed by atoms with Gasteiger partial charge in [-0.3, -0.25) is 0 Å². The van der Waals surface area contributed by atoms with E-state index in [1.165, 1.54) is 0 Å². The van der Waals surface area contributed by atoms with Crippen LogP contribution in [0.3, 0.4) is 0 Å². The van der Waals surface area contributed by atoms with E-state index in [2.05, 4.69) is 0 Å². The van der Waals surface area contributed by atoms with Crippen LogP contribution in [0, 0.1) is 0 Å². The first-order chi connectivity index (χ1) is 5.13. The highest BCUT2D eigenvalue weighted by Gasteiger charge is 2.31.